The molecule has 0 aromatic rings. The van der Waals surface area contributed by atoms with E-state index < -0.39 is 49.5 Å². The molecule has 1 rings (SSSR count). The summed E-state index contributed by atoms with van der Waals surface area (Å²) in [5.74, 6) is -0.191. The van der Waals surface area contributed by atoms with Gasteiger partial charge in [-0.1, -0.05) is 305 Å². The van der Waals surface area contributed by atoms with E-state index in [9.17, 15) is 35.1 Å². The summed E-state index contributed by atoms with van der Waals surface area (Å²) >= 11 is 0. The number of allylic oxidation sites excluding steroid dienone is 11. The monoisotopic (exact) mass is 1270 g/mol. The van der Waals surface area contributed by atoms with Crippen LogP contribution in [0, 0.1) is 0 Å². The third kappa shape index (κ3) is 55.5. The number of amides is 1. The minimum atomic E-state index is -1.58. The Bertz CT molecular complexity index is 1730. The first-order valence-electron chi connectivity index (χ1n) is 38.2. The van der Waals surface area contributed by atoms with Crippen LogP contribution >= 0.6 is 0 Å². The second kappa shape index (κ2) is 67.5. The zero-order valence-electron chi connectivity index (χ0n) is 58.3. The van der Waals surface area contributed by atoms with E-state index in [4.69, 9.17) is 14.2 Å². The van der Waals surface area contributed by atoms with E-state index in [-0.39, 0.29) is 18.5 Å². The highest BCUT2D eigenvalue weighted by molar-refractivity contribution is 5.76. The van der Waals surface area contributed by atoms with Crippen molar-refractivity contribution in [2.24, 2.45) is 0 Å². The molecule has 1 amide bonds. The predicted octanol–water partition coefficient (Wildman–Crippen LogP) is 20.2. The summed E-state index contributed by atoms with van der Waals surface area (Å²) in [5, 5.41) is 54.3. The molecule has 11 nitrogen and oxygen atoms in total. The number of ether oxygens (including phenoxy) is 3. The first-order chi connectivity index (χ1) is 44.2. The fourth-order valence-corrected chi connectivity index (χ4v) is 11.8. The number of carbonyl (C=O) groups is 2. The van der Waals surface area contributed by atoms with Crippen molar-refractivity contribution in [1.29, 1.82) is 0 Å². The fraction of sp³-hybridized carbons (Fsp3) is 0.823. The first-order valence-corrected chi connectivity index (χ1v) is 38.2. The van der Waals surface area contributed by atoms with Gasteiger partial charge in [-0.05, 0) is 109 Å². The molecule has 524 valence electrons. The number of unbranched alkanes of at least 4 members (excludes halogenated alkanes) is 43. The molecule has 1 saturated heterocycles. The van der Waals surface area contributed by atoms with Gasteiger partial charge < -0.3 is 45.1 Å². The van der Waals surface area contributed by atoms with Crippen LogP contribution in [0.5, 0.6) is 0 Å². The number of aliphatic hydroxyl groups excluding tert-OH is 5. The number of carbonyl (C=O) groups excluding carboxylic acids is 2. The van der Waals surface area contributed by atoms with E-state index in [1.165, 1.54) is 250 Å². The molecule has 90 heavy (non-hydrogen) atoms. The summed E-state index contributed by atoms with van der Waals surface area (Å²) < 4.78 is 16.7. The number of hydrogen-bond acceptors (Lipinski definition) is 10. The van der Waals surface area contributed by atoms with E-state index in [0.717, 1.165) is 77.0 Å². The largest absolute Gasteiger partial charge is 0.466 e. The van der Waals surface area contributed by atoms with Gasteiger partial charge in [0.15, 0.2) is 6.29 Å². The molecular weight excluding hydrogens is 1120 g/mol. The van der Waals surface area contributed by atoms with Gasteiger partial charge in [0.2, 0.25) is 5.91 Å². The van der Waals surface area contributed by atoms with Crippen molar-refractivity contribution >= 4 is 11.9 Å². The van der Waals surface area contributed by atoms with Gasteiger partial charge in [0.05, 0.1) is 32.0 Å². The van der Waals surface area contributed by atoms with Gasteiger partial charge in [-0.15, -0.1) is 0 Å². The summed E-state index contributed by atoms with van der Waals surface area (Å²) in [6.45, 7) is 4.22. The van der Waals surface area contributed by atoms with Crippen LogP contribution in [-0.4, -0.2) is 100 Å². The molecule has 0 radical (unpaired) electrons. The van der Waals surface area contributed by atoms with E-state index in [2.05, 4.69) is 79.9 Å². The Kier molecular flexibility index (Phi) is 63.9. The number of nitrogens with one attached hydrogen (secondary N) is 1. The smallest absolute Gasteiger partial charge is 0.305 e. The standard InChI is InChI=1S/C79H143NO10/c1-3-5-7-9-11-13-15-16-17-18-34-38-41-44-47-51-55-59-63-67-75(84)88-68-64-60-56-52-48-45-42-39-36-33-31-29-27-25-23-21-19-20-22-24-26-28-30-32-35-37-40-43-46-50-54-58-62-66-74(83)80-71(70-89-79-78(87)77(86)76(85)73(69-81)90-79)72(82)65-61-57-53-49-14-12-10-8-6-4-2/h6,8,14,16-17,23,25,29,31,49,61,65,71-73,76-79,81-82,85-87H,3-5,7,9-13,15,18-22,24,26-28,30,32-48,50-60,62-64,66-70H2,1-2H3,(H,80,83)/b8-6+,17-16-,25-23-,31-29-,49-14+,65-61+. The van der Waals surface area contributed by atoms with Crippen molar-refractivity contribution in [3.05, 3.63) is 72.9 Å². The maximum atomic E-state index is 13.0. The molecule has 1 aliphatic rings. The summed E-state index contributed by atoms with van der Waals surface area (Å²) in [5.41, 5.74) is 0. The number of esters is 1. The molecule has 0 aromatic carbocycles. The van der Waals surface area contributed by atoms with Gasteiger partial charge in [0.1, 0.15) is 24.4 Å². The molecule has 0 aromatic heterocycles. The SMILES string of the molecule is CC/C=C/CC/C=C/CC/C=C/C(O)C(COC1OC(CO)C(O)C(O)C1O)NC(=O)CCCCCCCCCCCCCCCCCCC/C=C\C/C=C\CCCCCCCCCCCOC(=O)CCCCCCCCCCC/C=C\CCCCCCCC. The van der Waals surface area contributed by atoms with E-state index in [0.29, 0.717) is 19.4 Å². The van der Waals surface area contributed by atoms with Crippen LogP contribution in [0.15, 0.2) is 72.9 Å². The van der Waals surface area contributed by atoms with Crippen LogP contribution in [-0.2, 0) is 23.8 Å². The van der Waals surface area contributed by atoms with Crippen molar-refractivity contribution < 1.29 is 49.3 Å². The number of rotatable bonds is 67. The maximum Gasteiger partial charge on any atom is 0.305 e. The minimum absolute atomic E-state index is 0.00600. The van der Waals surface area contributed by atoms with Crippen molar-refractivity contribution in [3.63, 3.8) is 0 Å². The predicted molar refractivity (Wildman–Crippen MR) is 380 cm³/mol. The lowest BCUT2D eigenvalue weighted by Gasteiger charge is -2.40. The topological polar surface area (TPSA) is 175 Å². The van der Waals surface area contributed by atoms with Gasteiger partial charge >= 0.3 is 5.97 Å². The highest BCUT2D eigenvalue weighted by Crippen LogP contribution is 2.23. The highest BCUT2D eigenvalue weighted by atomic mass is 16.7. The Hall–Kier alpha value is -2.90. The second-order valence-corrected chi connectivity index (χ2v) is 26.3. The van der Waals surface area contributed by atoms with Crippen LogP contribution in [0.1, 0.15) is 354 Å². The summed E-state index contributed by atoms with van der Waals surface area (Å²) in [6, 6.07) is -0.834. The summed E-state index contributed by atoms with van der Waals surface area (Å²) in [6.07, 6.45) is 82.3. The Labute approximate surface area is 553 Å². The first kappa shape index (κ1) is 85.1. The van der Waals surface area contributed by atoms with Crippen LogP contribution in [0.25, 0.3) is 0 Å². The molecule has 0 saturated carbocycles. The van der Waals surface area contributed by atoms with Gasteiger partial charge in [0, 0.05) is 12.8 Å². The molecule has 7 atom stereocenters. The van der Waals surface area contributed by atoms with E-state index >= 15 is 0 Å². The zero-order chi connectivity index (χ0) is 65.1. The van der Waals surface area contributed by atoms with Crippen LogP contribution in [0.4, 0.5) is 0 Å². The fourth-order valence-electron chi connectivity index (χ4n) is 11.8. The Morgan fingerprint density at radius 1 is 0.422 bits per heavy atom. The number of aliphatic hydroxyl groups is 5. The maximum absolute atomic E-state index is 13.0. The van der Waals surface area contributed by atoms with Crippen molar-refractivity contribution in [2.75, 3.05) is 19.8 Å². The summed E-state index contributed by atoms with van der Waals surface area (Å²) in [7, 11) is 0. The Morgan fingerprint density at radius 3 is 1.22 bits per heavy atom. The molecule has 0 spiro atoms. The molecular formula is C79H143NO10. The Morgan fingerprint density at radius 2 is 0.789 bits per heavy atom. The molecule has 11 heteroatoms. The van der Waals surface area contributed by atoms with E-state index in [1.807, 2.05) is 6.08 Å². The van der Waals surface area contributed by atoms with Gasteiger partial charge in [-0.3, -0.25) is 9.59 Å². The average Bonchev–Trinajstić information content (AvgIpc) is 2.62. The quantitative estimate of drug-likeness (QED) is 0.0195. The van der Waals surface area contributed by atoms with Crippen molar-refractivity contribution in [3.8, 4) is 0 Å². The average molecular weight is 1270 g/mol. The molecule has 6 N–H and O–H groups in total. The van der Waals surface area contributed by atoms with Crippen LogP contribution in [0.3, 0.4) is 0 Å². The molecule has 0 bridgehead atoms. The third-order valence-electron chi connectivity index (χ3n) is 17.8. The lowest BCUT2D eigenvalue weighted by atomic mass is 9.99. The van der Waals surface area contributed by atoms with E-state index in [1.54, 1.807) is 6.08 Å². The minimum Gasteiger partial charge on any atom is -0.466 e. The van der Waals surface area contributed by atoms with Gasteiger partial charge in [-0.25, -0.2) is 0 Å². The van der Waals surface area contributed by atoms with Crippen LogP contribution < -0.4 is 5.32 Å². The zero-order valence-corrected chi connectivity index (χ0v) is 58.3. The second-order valence-electron chi connectivity index (χ2n) is 26.3. The van der Waals surface area contributed by atoms with Crippen molar-refractivity contribution in [2.45, 2.75) is 397 Å². The Balaban J connectivity index is 1.90. The summed E-state index contributed by atoms with van der Waals surface area (Å²) in [4.78, 5) is 25.2. The molecule has 1 fully saturated rings. The van der Waals surface area contributed by atoms with Crippen LogP contribution in [0.2, 0.25) is 0 Å². The third-order valence-corrected chi connectivity index (χ3v) is 17.8. The molecule has 1 aliphatic heterocycles. The lowest BCUT2D eigenvalue weighted by molar-refractivity contribution is -0.302. The van der Waals surface area contributed by atoms with Gasteiger partial charge in [0.25, 0.3) is 0 Å². The molecule has 7 unspecified atom stereocenters. The van der Waals surface area contributed by atoms with Gasteiger partial charge in [-0.2, -0.15) is 0 Å². The lowest BCUT2D eigenvalue weighted by Crippen LogP contribution is -2.60. The number of hydrogen-bond donors (Lipinski definition) is 6. The highest BCUT2D eigenvalue weighted by Gasteiger charge is 2.44. The molecule has 0 aliphatic carbocycles. The van der Waals surface area contributed by atoms with Crippen molar-refractivity contribution in [1.82, 2.24) is 5.32 Å². The normalized spacial score (nSPS) is 18.1. The molecule has 1 heterocycles.